The number of anilines is 3. The molecule has 2 fully saturated rings. The van der Waals surface area contributed by atoms with Crippen molar-refractivity contribution in [3.63, 3.8) is 0 Å². The number of nitrogens with zero attached hydrogens (tertiary/aromatic N) is 1. The van der Waals surface area contributed by atoms with E-state index in [0.29, 0.717) is 22.4 Å². The molecule has 0 radical (unpaired) electrons. The zero-order valence-electron chi connectivity index (χ0n) is 21.6. The summed E-state index contributed by atoms with van der Waals surface area (Å²) < 4.78 is 5.67. The van der Waals surface area contributed by atoms with Crippen LogP contribution in [0.2, 0.25) is 0 Å². The zero-order valence-corrected chi connectivity index (χ0v) is 21.6. The first-order chi connectivity index (χ1) is 18.0. The molecule has 0 bridgehead atoms. The second-order valence-electron chi connectivity index (χ2n) is 10.4. The van der Waals surface area contributed by atoms with Gasteiger partial charge in [-0.1, -0.05) is 56.2 Å². The second kappa shape index (κ2) is 10.4. The first-order valence-electron chi connectivity index (χ1n) is 13.3. The highest BCUT2D eigenvalue weighted by atomic mass is 16.5. The van der Waals surface area contributed by atoms with Crippen LogP contribution in [0.1, 0.15) is 73.8 Å². The lowest BCUT2D eigenvalue weighted by atomic mass is 9.77. The summed E-state index contributed by atoms with van der Waals surface area (Å²) in [6.07, 6.45) is 8.00. The van der Waals surface area contributed by atoms with Crippen LogP contribution < -0.4 is 26.2 Å². The number of amides is 1. The fraction of sp³-hybridized carbons (Fsp3) is 0.433. The van der Waals surface area contributed by atoms with E-state index in [9.17, 15) is 14.4 Å². The topological polar surface area (TPSA) is 87.7 Å². The molecule has 1 saturated heterocycles. The molecule has 7 nitrogen and oxygen atoms in total. The van der Waals surface area contributed by atoms with E-state index in [1.807, 2.05) is 42.2 Å². The van der Waals surface area contributed by atoms with E-state index in [2.05, 4.69) is 10.6 Å². The van der Waals surface area contributed by atoms with Crippen LogP contribution in [0.25, 0.3) is 0 Å². The normalized spacial score (nSPS) is 17.6. The Hall–Kier alpha value is -3.61. The van der Waals surface area contributed by atoms with Crippen LogP contribution in [-0.4, -0.2) is 31.0 Å². The summed E-state index contributed by atoms with van der Waals surface area (Å²) in [5, 5.41) is 6.35. The molecule has 194 valence electrons. The van der Waals surface area contributed by atoms with E-state index in [1.165, 1.54) is 32.8 Å². The molecule has 3 aromatic rings. The van der Waals surface area contributed by atoms with Gasteiger partial charge < -0.3 is 20.3 Å². The van der Waals surface area contributed by atoms with Crippen LogP contribution in [0.4, 0.5) is 17.1 Å². The Labute approximate surface area is 217 Å². The van der Waals surface area contributed by atoms with Gasteiger partial charge in [-0.3, -0.25) is 14.4 Å². The lowest BCUT2D eigenvalue weighted by Gasteiger charge is -2.39. The molecule has 1 aliphatic carbocycles. The van der Waals surface area contributed by atoms with Crippen LogP contribution in [0, 0.1) is 5.41 Å². The molecule has 1 aliphatic heterocycles. The van der Waals surface area contributed by atoms with Crippen molar-refractivity contribution in [3.05, 3.63) is 80.1 Å². The van der Waals surface area contributed by atoms with Crippen molar-refractivity contribution in [3.8, 4) is 5.75 Å². The van der Waals surface area contributed by atoms with Gasteiger partial charge in [0.05, 0.1) is 24.4 Å². The lowest BCUT2D eigenvalue weighted by molar-refractivity contribution is 0.0584. The Morgan fingerprint density at radius 1 is 0.946 bits per heavy atom. The molecule has 0 aromatic heterocycles. The number of carbonyl (C=O) groups excluding carboxylic acids is 1. The molecule has 1 heterocycles. The van der Waals surface area contributed by atoms with Crippen molar-refractivity contribution < 1.29 is 9.53 Å². The largest absolute Gasteiger partial charge is 0.494 e. The van der Waals surface area contributed by atoms with Crippen LogP contribution in [-0.2, 0) is 0 Å². The second-order valence-corrected chi connectivity index (χ2v) is 10.4. The number of hydrogen-bond acceptors (Lipinski definition) is 6. The Kier molecular flexibility index (Phi) is 7.04. The van der Waals surface area contributed by atoms with Crippen molar-refractivity contribution in [2.24, 2.45) is 5.41 Å². The van der Waals surface area contributed by atoms with Crippen LogP contribution in [0.5, 0.6) is 5.75 Å². The highest BCUT2D eigenvalue weighted by Gasteiger charge is 2.38. The van der Waals surface area contributed by atoms with Gasteiger partial charge in [0, 0.05) is 13.1 Å². The fourth-order valence-electron chi connectivity index (χ4n) is 6.07. The van der Waals surface area contributed by atoms with Gasteiger partial charge in [-0.15, -0.1) is 0 Å². The van der Waals surface area contributed by atoms with Crippen molar-refractivity contribution in [2.75, 3.05) is 30.8 Å². The number of nitrogens with one attached hydrogen (secondary N) is 2. The number of piperidine rings is 1. The highest BCUT2D eigenvalue weighted by Crippen LogP contribution is 2.46. The first-order valence-corrected chi connectivity index (χ1v) is 13.3. The monoisotopic (exact) mass is 501 g/mol. The zero-order chi connectivity index (χ0) is 26.0. The average Bonchev–Trinajstić information content (AvgIpc) is 3.40. The van der Waals surface area contributed by atoms with Crippen molar-refractivity contribution in [2.45, 2.75) is 57.9 Å². The summed E-state index contributed by atoms with van der Waals surface area (Å²) in [5.41, 5.74) is 1.74. The molecule has 37 heavy (non-hydrogen) atoms. The molecule has 3 aromatic carbocycles. The minimum Gasteiger partial charge on any atom is -0.494 e. The maximum Gasteiger partial charge on any atom is 0.257 e. The molecular weight excluding hydrogens is 466 g/mol. The number of carbonyl (C=O) groups is 1. The van der Waals surface area contributed by atoms with E-state index in [4.69, 9.17) is 4.74 Å². The third-order valence-corrected chi connectivity index (χ3v) is 8.32. The number of para-hydroxylation sites is 1. The van der Waals surface area contributed by atoms with Crippen molar-refractivity contribution >= 4 is 23.0 Å². The number of methoxy groups -OCH3 is 1. The predicted octanol–water partition coefficient (Wildman–Crippen LogP) is 5.39. The standard InChI is InChI=1S/C30H35N3O4/c1-3-22(20-10-5-4-6-11-20)31-24-25(27(35)26(24)34)32-23-13-9-12-21(28(23)37-2)29(36)33-18-16-30(17-19-33)14-7-8-15-30/h4-6,9-13,22,31-32H,3,7-8,14-19H2,1-2H3. The van der Waals surface area contributed by atoms with Gasteiger partial charge in [-0.2, -0.15) is 0 Å². The van der Waals surface area contributed by atoms with E-state index in [-0.39, 0.29) is 23.3 Å². The molecule has 5 rings (SSSR count). The van der Waals surface area contributed by atoms with Gasteiger partial charge in [0.2, 0.25) is 0 Å². The van der Waals surface area contributed by atoms with E-state index in [0.717, 1.165) is 37.9 Å². The molecule has 2 N–H and O–H groups in total. The summed E-state index contributed by atoms with van der Waals surface area (Å²) >= 11 is 0. The average molecular weight is 502 g/mol. The van der Waals surface area contributed by atoms with Gasteiger partial charge in [-0.25, -0.2) is 0 Å². The molecule has 1 saturated carbocycles. The minimum atomic E-state index is -0.581. The molecule has 7 heteroatoms. The minimum absolute atomic E-state index is 0.0631. The SMILES string of the molecule is CCC(Nc1c(Nc2cccc(C(=O)N3CCC4(CCCC4)CC3)c2OC)c(=O)c1=O)c1ccccc1. The number of ether oxygens (including phenoxy) is 1. The van der Waals surface area contributed by atoms with Gasteiger partial charge in [0.25, 0.3) is 16.8 Å². The molecular formula is C30H35N3O4. The number of likely N-dealkylation sites (tertiary alicyclic amines) is 1. The van der Waals surface area contributed by atoms with Crippen molar-refractivity contribution in [1.82, 2.24) is 4.90 Å². The summed E-state index contributed by atoms with van der Waals surface area (Å²) in [5.74, 6) is 0.314. The summed E-state index contributed by atoms with van der Waals surface area (Å²) in [4.78, 5) is 40.4. The van der Waals surface area contributed by atoms with Gasteiger partial charge in [-0.05, 0) is 55.2 Å². The summed E-state index contributed by atoms with van der Waals surface area (Å²) in [6.45, 7) is 3.53. The smallest absolute Gasteiger partial charge is 0.257 e. The maximum absolute atomic E-state index is 13.5. The fourth-order valence-corrected chi connectivity index (χ4v) is 6.07. The van der Waals surface area contributed by atoms with E-state index < -0.39 is 10.9 Å². The lowest BCUT2D eigenvalue weighted by Crippen LogP contribution is -2.42. The van der Waals surface area contributed by atoms with Gasteiger partial charge >= 0.3 is 0 Å². The summed E-state index contributed by atoms with van der Waals surface area (Å²) in [7, 11) is 1.52. The molecule has 1 unspecified atom stereocenters. The number of benzene rings is 2. The Morgan fingerprint density at radius 2 is 1.62 bits per heavy atom. The summed E-state index contributed by atoms with van der Waals surface area (Å²) in [6, 6.07) is 15.0. The van der Waals surface area contributed by atoms with Gasteiger partial charge in [0.1, 0.15) is 11.4 Å². The highest BCUT2D eigenvalue weighted by molar-refractivity contribution is 5.99. The van der Waals surface area contributed by atoms with Crippen LogP contribution in [0.3, 0.4) is 0 Å². The molecule has 2 aliphatic rings. The number of rotatable bonds is 8. The van der Waals surface area contributed by atoms with E-state index >= 15 is 0 Å². The molecule has 1 amide bonds. The number of hydrogen-bond donors (Lipinski definition) is 2. The maximum atomic E-state index is 13.5. The molecule has 1 atom stereocenters. The first kappa shape index (κ1) is 25.1. The Bertz CT molecular complexity index is 1330. The quantitative estimate of drug-likeness (QED) is 0.402. The molecule has 1 spiro atoms. The van der Waals surface area contributed by atoms with E-state index in [1.54, 1.807) is 18.2 Å². The van der Waals surface area contributed by atoms with Gasteiger partial charge in [0.15, 0.2) is 5.75 Å². The van der Waals surface area contributed by atoms with Crippen LogP contribution in [0.15, 0.2) is 58.1 Å². The Balaban J connectivity index is 1.36. The third-order valence-electron chi connectivity index (χ3n) is 8.32. The van der Waals surface area contributed by atoms with Crippen molar-refractivity contribution in [1.29, 1.82) is 0 Å². The third kappa shape index (κ3) is 4.75. The predicted molar refractivity (Wildman–Crippen MR) is 147 cm³/mol. The Morgan fingerprint density at radius 3 is 2.27 bits per heavy atom. The van der Waals surface area contributed by atoms with Crippen LogP contribution >= 0.6 is 0 Å².